The maximum Gasteiger partial charge on any atom is 0.314 e. The lowest BCUT2D eigenvalue weighted by Gasteiger charge is -2.18. The van der Waals surface area contributed by atoms with Gasteiger partial charge in [-0.05, 0) is 20.5 Å². The standard InChI is InChI=1S/C7H15N3O/c1-9(2)6-3-4-10(5-6)7(8)11/h6H,3-5H2,1-2H3,(H2,8,11)/t6-/m1/s1. The molecule has 1 atom stereocenters. The maximum absolute atomic E-state index is 10.7. The van der Waals surface area contributed by atoms with Gasteiger partial charge in [-0.15, -0.1) is 0 Å². The number of hydrogen-bond acceptors (Lipinski definition) is 2. The van der Waals surface area contributed by atoms with Crippen LogP contribution in [0, 0.1) is 0 Å². The number of nitrogens with two attached hydrogens (primary N) is 1. The molecule has 0 bridgehead atoms. The summed E-state index contributed by atoms with van der Waals surface area (Å²) in [5, 5.41) is 0. The van der Waals surface area contributed by atoms with Crippen molar-refractivity contribution in [2.75, 3.05) is 27.2 Å². The molecule has 0 aromatic carbocycles. The van der Waals surface area contributed by atoms with E-state index in [1.54, 1.807) is 4.90 Å². The molecule has 0 unspecified atom stereocenters. The summed E-state index contributed by atoms with van der Waals surface area (Å²) in [6.07, 6.45) is 1.04. The second-order valence-electron chi connectivity index (χ2n) is 3.19. The topological polar surface area (TPSA) is 49.6 Å². The van der Waals surface area contributed by atoms with Crippen LogP contribution in [0.25, 0.3) is 0 Å². The van der Waals surface area contributed by atoms with Crippen molar-refractivity contribution in [2.24, 2.45) is 5.73 Å². The summed E-state index contributed by atoms with van der Waals surface area (Å²) in [5.74, 6) is 0. The van der Waals surface area contributed by atoms with Gasteiger partial charge < -0.3 is 15.5 Å². The van der Waals surface area contributed by atoms with Gasteiger partial charge in [0.25, 0.3) is 0 Å². The largest absolute Gasteiger partial charge is 0.351 e. The Morgan fingerprint density at radius 3 is 2.55 bits per heavy atom. The third-order valence-electron chi connectivity index (χ3n) is 2.21. The SMILES string of the molecule is CN(C)[C@@H]1CCN(C(N)=O)C1. The third kappa shape index (κ3) is 1.83. The highest BCUT2D eigenvalue weighted by Crippen LogP contribution is 2.11. The molecular weight excluding hydrogens is 142 g/mol. The van der Waals surface area contributed by atoms with Gasteiger partial charge >= 0.3 is 6.03 Å². The number of carbonyl (C=O) groups excluding carboxylic acids is 1. The van der Waals surface area contributed by atoms with Crippen LogP contribution in [0.2, 0.25) is 0 Å². The maximum atomic E-state index is 10.7. The average Bonchev–Trinajstić information content (AvgIpc) is 2.33. The van der Waals surface area contributed by atoms with Crippen molar-refractivity contribution in [1.82, 2.24) is 9.80 Å². The lowest BCUT2D eigenvalue weighted by atomic mass is 10.2. The monoisotopic (exact) mass is 157 g/mol. The Morgan fingerprint density at radius 2 is 2.27 bits per heavy atom. The van der Waals surface area contributed by atoms with Gasteiger partial charge in [0.15, 0.2) is 0 Å². The fourth-order valence-electron chi connectivity index (χ4n) is 1.36. The molecule has 1 heterocycles. The number of nitrogens with zero attached hydrogens (tertiary/aromatic N) is 2. The Hall–Kier alpha value is -0.770. The second kappa shape index (κ2) is 3.09. The third-order valence-corrected chi connectivity index (χ3v) is 2.21. The Morgan fingerprint density at radius 1 is 1.64 bits per heavy atom. The summed E-state index contributed by atoms with van der Waals surface area (Å²) < 4.78 is 0. The van der Waals surface area contributed by atoms with Gasteiger partial charge in [-0.2, -0.15) is 0 Å². The Labute approximate surface area is 66.9 Å². The predicted molar refractivity (Wildman–Crippen MR) is 43.2 cm³/mol. The molecule has 1 aliphatic heterocycles. The second-order valence-corrected chi connectivity index (χ2v) is 3.19. The fourth-order valence-corrected chi connectivity index (χ4v) is 1.36. The van der Waals surface area contributed by atoms with Gasteiger partial charge in [-0.3, -0.25) is 0 Å². The van der Waals surface area contributed by atoms with Crippen LogP contribution >= 0.6 is 0 Å². The minimum Gasteiger partial charge on any atom is -0.351 e. The molecule has 2 amide bonds. The first kappa shape index (κ1) is 8.33. The van der Waals surface area contributed by atoms with Crippen LogP contribution < -0.4 is 5.73 Å². The smallest absolute Gasteiger partial charge is 0.314 e. The van der Waals surface area contributed by atoms with Crippen LogP contribution in [0.4, 0.5) is 4.79 Å². The zero-order valence-electron chi connectivity index (χ0n) is 7.08. The number of hydrogen-bond donors (Lipinski definition) is 1. The molecule has 1 fully saturated rings. The van der Waals surface area contributed by atoms with Crippen molar-refractivity contribution in [3.8, 4) is 0 Å². The van der Waals surface area contributed by atoms with Gasteiger partial charge in [-0.1, -0.05) is 0 Å². The number of likely N-dealkylation sites (N-methyl/N-ethyl adjacent to an activating group) is 1. The van der Waals surface area contributed by atoms with Crippen LogP contribution in [0.15, 0.2) is 0 Å². The molecule has 0 aromatic rings. The first-order valence-electron chi connectivity index (χ1n) is 3.82. The highest BCUT2D eigenvalue weighted by Gasteiger charge is 2.25. The van der Waals surface area contributed by atoms with E-state index in [4.69, 9.17) is 5.73 Å². The van der Waals surface area contributed by atoms with Gasteiger partial charge in [0.1, 0.15) is 0 Å². The van der Waals surface area contributed by atoms with E-state index in [0.717, 1.165) is 19.5 Å². The summed E-state index contributed by atoms with van der Waals surface area (Å²) in [7, 11) is 4.05. The van der Waals surface area contributed by atoms with Gasteiger partial charge in [0.2, 0.25) is 0 Å². The normalized spacial score (nSPS) is 24.6. The quantitative estimate of drug-likeness (QED) is 0.568. The Kier molecular flexibility index (Phi) is 2.34. The van der Waals surface area contributed by atoms with Gasteiger partial charge in [0.05, 0.1) is 0 Å². The van der Waals surface area contributed by atoms with Crippen molar-refractivity contribution >= 4 is 6.03 Å². The molecule has 4 nitrogen and oxygen atoms in total. The van der Waals surface area contributed by atoms with Crippen LogP contribution in [0.1, 0.15) is 6.42 Å². The van der Waals surface area contributed by atoms with E-state index in [9.17, 15) is 4.79 Å². The first-order valence-corrected chi connectivity index (χ1v) is 3.82. The molecule has 0 aliphatic carbocycles. The average molecular weight is 157 g/mol. The van der Waals surface area contributed by atoms with E-state index >= 15 is 0 Å². The lowest BCUT2D eigenvalue weighted by Crippen LogP contribution is -2.37. The van der Waals surface area contributed by atoms with E-state index in [1.807, 2.05) is 14.1 Å². The van der Waals surface area contributed by atoms with E-state index in [0.29, 0.717) is 6.04 Å². The van der Waals surface area contributed by atoms with Crippen molar-refractivity contribution in [3.05, 3.63) is 0 Å². The number of likely N-dealkylation sites (tertiary alicyclic amines) is 1. The minimum atomic E-state index is -0.297. The van der Waals surface area contributed by atoms with E-state index in [-0.39, 0.29) is 6.03 Å². The lowest BCUT2D eigenvalue weighted by molar-refractivity contribution is 0.212. The summed E-state index contributed by atoms with van der Waals surface area (Å²) in [6, 6.07) is 0.192. The van der Waals surface area contributed by atoms with Crippen LogP contribution in [0.5, 0.6) is 0 Å². The van der Waals surface area contributed by atoms with Crippen LogP contribution in [-0.4, -0.2) is 49.1 Å². The highest BCUT2D eigenvalue weighted by molar-refractivity contribution is 5.72. The van der Waals surface area contributed by atoms with Gasteiger partial charge in [-0.25, -0.2) is 4.79 Å². The van der Waals surface area contributed by atoms with Crippen molar-refractivity contribution in [2.45, 2.75) is 12.5 Å². The summed E-state index contributed by atoms with van der Waals surface area (Å²) in [6.45, 7) is 1.58. The minimum absolute atomic E-state index is 0.297. The molecule has 0 saturated carbocycles. The Balaban J connectivity index is 2.41. The molecule has 0 radical (unpaired) electrons. The van der Waals surface area contributed by atoms with Crippen molar-refractivity contribution in [3.63, 3.8) is 0 Å². The zero-order chi connectivity index (χ0) is 8.43. The van der Waals surface area contributed by atoms with E-state index < -0.39 is 0 Å². The van der Waals surface area contributed by atoms with Crippen LogP contribution in [-0.2, 0) is 0 Å². The number of primary amides is 1. The molecule has 1 aliphatic rings. The number of amides is 2. The van der Waals surface area contributed by atoms with E-state index in [1.165, 1.54) is 0 Å². The zero-order valence-corrected chi connectivity index (χ0v) is 7.08. The summed E-state index contributed by atoms with van der Waals surface area (Å²) in [4.78, 5) is 14.5. The van der Waals surface area contributed by atoms with Crippen molar-refractivity contribution in [1.29, 1.82) is 0 Å². The molecule has 1 saturated heterocycles. The van der Waals surface area contributed by atoms with E-state index in [2.05, 4.69) is 4.90 Å². The molecule has 1 rings (SSSR count). The fraction of sp³-hybridized carbons (Fsp3) is 0.857. The summed E-state index contributed by atoms with van der Waals surface area (Å²) >= 11 is 0. The molecule has 11 heavy (non-hydrogen) atoms. The first-order chi connectivity index (χ1) is 5.11. The van der Waals surface area contributed by atoms with Crippen molar-refractivity contribution < 1.29 is 4.79 Å². The molecule has 64 valence electrons. The van der Waals surface area contributed by atoms with Gasteiger partial charge in [0, 0.05) is 19.1 Å². The molecule has 4 heteroatoms. The molecule has 0 spiro atoms. The summed E-state index contributed by atoms with van der Waals surface area (Å²) in [5.41, 5.74) is 5.13. The molecular formula is C7H15N3O. The molecule has 2 N–H and O–H groups in total. The predicted octanol–water partition coefficient (Wildman–Crippen LogP) is -0.299. The molecule has 0 aromatic heterocycles. The Bertz CT molecular complexity index is 158. The highest BCUT2D eigenvalue weighted by atomic mass is 16.2. The number of rotatable bonds is 1. The number of urea groups is 1. The number of carbonyl (C=O) groups is 1. The van der Waals surface area contributed by atoms with Crippen LogP contribution in [0.3, 0.4) is 0 Å².